The summed E-state index contributed by atoms with van der Waals surface area (Å²) < 4.78 is 60.4. The minimum Gasteiger partial charge on any atom is -0.493 e. The van der Waals surface area contributed by atoms with E-state index >= 15 is 0 Å². The minimum absolute atomic E-state index is 0.00425. The largest absolute Gasteiger partial charge is 0.493 e. The molecule has 5 nitrogen and oxygen atoms in total. The molecule has 8 heteroatoms. The van der Waals surface area contributed by atoms with E-state index in [-0.39, 0.29) is 18.0 Å². The van der Waals surface area contributed by atoms with Gasteiger partial charge in [0.15, 0.2) is 0 Å². The summed E-state index contributed by atoms with van der Waals surface area (Å²) in [5.41, 5.74) is 2.77. The van der Waals surface area contributed by atoms with Gasteiger partial charge in [0.1, 0.15) is 11.5 Å². The van der Waals surface area contributed by atoms with Crippen molar-refractivity contribution in [2.24, 2.45) is 0 Å². The fourth-order valence-electron chi connectivity index (χ4n) is 2.93. The van der Waals surface area contributed by atoms with Crippen LogP contribution in [0, 0.1) is 0 Å². The van der Waals surface area contributed by atoms with Gasteiger partial charge in [-0.15, -0.1) is 0 Å². The molecule has 1 aliphatic rings. The fourth-order valence-corrected chi connectivity index (χ4v) is 4.08. The molecule has 1 heterocycles. The Labute approximate surface area is 157 Å². The molecule has 27 heavy (non-hydrogen) atoms. The second-order valence-corrected chi connectivity index (χ2v) is 8.58. The summed E-state index contributed by atoms with van der Waals surface area (Å²) in [6, 6.07) is 11.7. The van der Waals surface area contributed by atoms with Gasteiger partial charge in [-0.25, -0.2) is 12.7 Å². The second-order valence-electron chi connectivity index (χ2n) is 6.39. The summed E-state index contributed by atoms with van der Waals surface area (Å²) in [6.07, 6.45) is 1.27. The number of sulfonamides is 1. The lowest BCUT2D eigenvalue weighted by Crippen LogP contribution is -2.29. The van der Waals surface area contributed by atoms with E-state index in [1.807, 2.05) is 18.2 Å². The highest BCUT2D eigenvalue weighted by Crippen LogP contribution is 2.26. The maximum absolute atomic E-state index is 12.5. The second kappa shape index (κ2) is 8.22. The van der Waals surface area contributed by atoms with Gasteiger partial charge in [0.05, 0.1) is 12.4 Å². The van der Waals surface area contributed by atoms with Crippen molar-refractivity contribution in [1.29, 1.82) is 0 Å². The van der Waals surface area contributed by atoms with E-state index in [2.05, 4.69) is 4.74 Å². The quantitative estimate of drug-likeness (QED) is 0.686. The molecule has 1 aliphatic heterocycles. The van der Waals surface area contributed by atoms with E-state index in [9.17, 15) is 17.2 Å². The summed E-state index contributed by atoms with van der Waals surface area (Å²) >= 11 is 0. The Balaban J connectivity index is 1.57. The van der Waals surface area contributed by atoms with Crippen LogP contribution in [0.2, 0.25) is 0 Å². The molecule has 0 saturated heterocycles. The van der Waals surface area contributed by atoms with Crippen molar-refractivity contribution < 1.29 is 26.7 Å². The van der Waals surface area contributed by atoms with Crippen molar-refractivity contribution in [2.75, 3.05) is 19.4 Å². The summed E-state index contributed by atoms with van der Waals surface area (Å²) in [4.78, 5) is 0. The number of aryl methyl sites for hydroxylation is 1. The molecule has 2 aromatic carbocycles. The van der Waals surface area contributed by atoms with E-state index < -0.39 is 16.6 Å². The number of ether oxygens (including phenoxy) is 2. The van der Waals surface area contributed by atoms with Crippen LogP contribution in [-0.2, 0) is 29.4 Å². The Morgan fingerprint density at radius 2 is 1.85 bits per heavy atom. The predicted octanol–water partition coefficient (Wildman–Crippen LogP) is 3.23. The first-order valence-corrected chi connectivity index (χ1v) is 10.2. The van der Waals surface area contributed by atoms with Gasteiger partial charge in [0.2, 0.25) is 10.0 Å². The minimum atomic E-state index is -3.45. The average molecular weight is 397 g/mol. The molecule has 0 fully saturated rings. The topological polar surface area (TPSA) is 55.8 Å². The summed E-state index contributed by atoms with van der Waals surface area (Å²) in [7, 11) is -1.94. The number of alkyl halides is 2. The van der Waals surface area contributed by atoms with Crippen LogP contribution in [0.4, 0.5) is 8.78 Å². The lowest BCUT2D eigenvalue weighted by Gasteiger charge is -2.17. The van der Waals surface area contributed by atoms with Gasteiger partial charge < -0.3 is 9.47 Å². The Bertz CT molecular complexity index is 885. The van der Waals surface area contributed by atoms with Gasteiger partial charge in [0, 0.05) is 20.0 Å². The molecule has 0 spiro atoms. The summed E-state index contributed by atoms with van der Waals surface area (Å²) in [5, 5.41) is 0. The molecule has 0 atom stereocenters. The zero-order chi connectivity index (χ0) is 19.4. The maximum Gasteiger partial charge on any atom is 0.387 e. The van der Waals surface area contributed by atoms with Gasteiger partial charge in [-0.3, -0.25) is 0 Å². The van der Waals surface area contributed by atoms with Crippen LogP contribution in [0.3, 0.4) is 0 Å². The highest BCUT2D eigenvalue weighted by Gasteiger charge is 2.19. The first-order valence-electron chi connectivity index (χ1n) is 8.56. The van der Waals surface area contributed by atoms with E-state index in [0.717, 1.165) is 23.3 Å². The van der Waals surface area contributed by atoms with Crippen LogP contribution in [0.25, 0.3) is 0 Å². The van der Waals surface area contributed by atoms with Crippen LogP contribution in [0.1, 0.15) is 16.7 Å². The monoisotopic (exact) mass is 397 g/mol. The maximum atomic E-state index is 12.5. The van der Waals surface area contributed by atoms with Crippen molar-refractivity contribution in [1.82, 2.24) is 4.31 Å². The first kappa shape index (κ1) is 19.6. The number of nitrogens with zero attached hydrogens (tertiary/aromatic N) is 1. The normalized spacial score (nSPS) is 13.7. The molecule has 0 amide bonds. The van der Waals surface area contributed by atoms with Gasteiger partial charge in [-0.2, -0.15) is 8.78 Å². The highest BCUT2D eigenvalue weighted by molar-refractivity contribution is 7.89. The summed E-state index contributed by atoms with van der Waals surface area (Å²) in [6.45, 7) is -2.05. The molecular weight excluding hydrogens is 376 g/mol. The van der Waals surface area contributed by atoms with Crippen molar-refractivity contribution >= 4 is 10.0 Å². The van der Waals surface area contributed by atoms with Gasteiger partial charge in [-0.1, -0.05) is 24.3 Å². The lowest BCUT2D eigenvalue weighted by molar-refractivity contribution is -0.0498. The fraction of sp³-hybridized carbons (Fsp3) is 0.368. The Morgan fingerprint density at radius 3 is 2.56 bits per heavy atom. The molecule has 0 aliphatic carbocycles. The van der Waals surface area contributed by atoms with Gasteiger partial charge in [0.25, 0.3) is 0 Å². The number of rotatable bonds is 8. The third-order valence-electron chi connectivity index (χ3n) is 4.43. The Morgan fingerprint density at radius 1 is 1.15 bits per heavy atom. The standard InChI is InChI=1S/C19H21F2NO4S/c1-22(13-15-2-5-17(6-3-15)26-19(20)21)27(23,24)11-9-14-4-7-18-16(12-14)8-10-25-18/h2-7,12,19H,8-11,13H2,1H3. The van der Waals surface area contributed by atoms with E-state index in [4.69, 9.17) is 4.74 Å². The molecule has 0 radical (unpaired) electrons. The number of hydrogen-bond acceptors (Lipinski definition) is 4. The molecule has 146 valence electrons. The molecule has 0 bridgehead atoms. The third kappa shape index (κ3) is 5.17. The highest BCUT2D eigenvalue weighted by atomic mass is 32.2. The third-order valence-corrected chi connectivity index (χ3v) is 6.23. The molecule has 0 N–H and O–H groups in total. The van der Waals surface area contributed by atoms with Crippen LogP contribution in [0.15, 0.2) is 42.5 Å². The van der Waals surface area contributed by atoms with Crippen LogP contribution in [0.5, 0.6) is 11.5 Å². The van der Waals surface area contributed by atoms with Crippen LogP contribution >= 0.6 is 0 Å². The SMILES string of the molecule is CN(Cc1ccc(OC(F)F)cc1)S(=O)(=O)CCc1ccc2c(c1)CCO2. The molecule has 0 aromatic heterocycles. The smallest absolute Gasteiger partial charge is 0.387 e. The molecule has 2 aromatic rings. The van der Waals surface area contributed by atoms with Crippen molar-refractivity contribution in [3.63, 3.8) is 0 Å². The average Bonchev–Trinajstić information content (AvgIpc) is 3.09. The molecular formula is C19H21F2NO4S. The van der Waals surface area contributed by atoms with Crippen molar-refractivity contribution in [2.45, 2.75) is 26.0 Å². The van der Waals surface area contributed by atoms with E-state index in [0.29, 0.717) is 18.6 Å². The van der Waals surface area contributed by atoms with Crippen LogP contribution in [-0.4, -0.2) is 38.7 Å². The lowest BCUT2D eigenvalue weighted by atomic mass is 10.1. The number of hydrogen-bond donors (Lipinski definition) is 0. The first-order chi connectivity index (χ1) is 12.8. The number of benzene rings is 2. The Hall–Kier alpha value is -2.19. The summed E-state index contributed by atoms with van der Waals surface area (Å²) in [5.74, 6) is 0.910. The van der Waals surface area contributed by atoms with E-state index in [1.165, 1.54) is 23.5 Å². The van der Waals surface area contributed by atoms with Crippen molar-refractivity contribution in [3.05, 3.63) is 59.2 Å². The molecule has 0 unspecified atom stereocenters. The zero-order valence-corrected chi connectivity index (χ0v) is 15.7. The van der Waals surface area contributed by atoms with Crippen LogP contribution < -0.4 is 9.47 Å². The zero-order valence-electron chi connectivity index (χ0n) is 14.9. The van der Waals surface area contributed by atoms with Crippen molar-refractivity contribution in [3.8, 4) is 11.5 Å². The number of fused-ring (bicyclic) bond motifs is 1. The van der Waals surface area contributed by atoms with E-state index in [1.54, 1.807) is 12.1 Å². The molecule has 0 saturated carbocycles. The van der Waals surface area contributed by atoms with Gasteiger partial charge in [-0.05, 0) is 41.3 Å². The predicted molar refractivity (Wildman–Crippen MR) is 97.7 cm³/mol. The molecule has 3 rings (SSSR count). The van der Waals surface area contributed by atoms with Gasteiger partial charge >= 0.3 is 6.61 Å². The Kier molecular flexibility index (Phi) is 5.96. The number of halogens is 2.